The van der Waals surface area contributed by atoms with Gasteiger partial charge in [-0.3, -0.25) is 0 Å². The van der Waals surface area contributed by atoms with Gasteiger partial charge in [0.25, 0.3) is 0 Å². The summed E-state index contributed by atoms with van der Waals surface area (Å²) < 4.78 is 13.0. The summed E-state index contributed by atoms with van der Waals surface area (Å²) in [5.74, 6) is -0.326. The predicted octanol–water partition coefficient (Wildman–Crippen LogP) is 3.44. The SMILES string of the molecule is Cc1ccccc1-c1cc(F)c(N)s1. The molecule has 0 aliphatic heterocycles. The highest BCUT2D eigenvalue weighted by atomic mass is 32.1. The monoisotopic (exact) mass is 207 g/mol. The second-order valence-corrected chi connectivity index (χ2v) is 4.22. The van der Waals surface area contributed by atoms with E-state index in [0.717, 1.165) is 16.0 Å². The molecule has 0 amide bonds. The molecule has 2 N–H and O–H groups in total. The van der Waals surface area contributed by atoms with Gasteiger partial charge in [0.2, 0.25) is 0 Å². The first-order valence-corrected chi connectivity index (χ1v) is 5.11. The Hall–Kier alpha value is -1.35. The number of nitrogens with two attached hydrogens (primary N) is 1. The van der Waals surface area contributed by atoms with Crippen LogP contribution in [0.15, 0.2) is 30.3 Å². The summed E-state index contributed by atoms with van der Waals surface area (Å²) in [4.78, 5) is 0.887. The molecule has 0 spiro atoms. The molecular formula is C11H10FNS. The number of aryl methyl sites for hydroxylation is 1. The first-order chi connectivity index (χ1) is 6.68. The van der Waals surface area contributed by atoms with Gasteiger partial charge >= 0.3 is 0 Å². The first kappa shape index (κ1) is 9.21. The molecule has 1 aromatic carbocycles. The van der Waals surface area contributed by atoms with Gasteiger partial charge in [0, 0.05) is 4.88 Å². The average Bonchev–Trinajstić information content (AvgIpc) is 2.48. The summed E-state index contributed by atoms with van der Waals surface area (Å²) in [5, 5.41) is 0.253. The molecule has 0 bridgehead atoms. The van der Waals surface area contributed by atoms with Crippen LogP contribution < -0.4 is 5.73 Å². The van der Waals surface area contributed by atoms with Crippen molar-refractivity contribution in [3.63, 3.8) is 0 Å². The minimum absolute atomic E-state index is 0.253. The van der Waals surface area contributed by atoms with Gasteiger partial charge in [-0.2, -0.15) is 0 Å². The van der Waals surface area contributed by atoms with Crippen LogP contribution in [-0.2, 0) is 0 Å². The number of hydrogen-bond donors (Lipinski definition) is 1. The molecule has 1 aromatic heterocycles. The zero-order chi connectivity index (χ0) is 10.1. The molecule has 0 saturated carbocycles. The number of benzene rings is 1. The molecule has 3 heteroatoms. The van der Waals surface area contributed by atoms with Crippen molar-refractivity contribution < 1.29 is 4.39 Å². The van der Waals surface area contributed by atoms with Crippen molar-refractivity contribution >= 4 is 16.3 Å². The van der Waals surface area contributed by atoms with Crippen molar-refractivity contribution in [2.24, 2.45) is 0 Å². The molecule has 72 valence electrons. The van der Waals surface area contributed by atoms with E-state index in [1.54, 1.807) is 0 Å². The maximum atomic E-state index is 13.0. The fraction of sp³-hybridized carbons (Fsp3) is 0.0909. The maximum absolute atomic E-state index is 13.0. The van der Waals surface area contributed by atoms with Crippen molar-refractivity contribution in [3.05, 3.63) is 41.7 Å². The number of halogens is 1. The molecule has 1 heterocycles. The number of nitrogen functional groups attached to an aromatic ring is 1. The standard InChI is InChI=1S/C11H10FNS/c1-7-4-2-3-5-8(7)10-6-9(12)11(13)14-10/h2-6H,13H2,1H3. The predicted molar refractivity (Wildman–Crippen MR) is 58.9 cm³/mol. The normalized spacial score (nSPS) is 10.4. The van der Waals surface area contributed by atoms with Crippen molar-refractivity contribution in [2.45, 2.75) is 6.92 Å². The summed E-state index contributed by atoms with van der Waals surface area (Å²) in [7, 11) is 0. The van der Waals surface area contributed by atoms with E-state index in [2.05, 4.69) is 0 Å². The molecule has 0 fully saturated rings. The summed E-state index contributed by atoms with van der Waals surface area (Å²) >= 11 is 1.28. The summed E-state index contributed by atoms with van der Waals surface area (Å²) in [5.41, 5.74) is 7.65. The third-order valence-electron chi connectivity index (χ3n) is 2.12. The molecule has 2 rings (SSSR count). The van der Waals surface area contributed by atoms with E-state index in [9.17, 15) is 4.39 Å². The zero-order valence-corrected chi connectivity index (χ0v) is 8.57. The molecule has 0 atom stereocenters. The van der Waals surface area contributed by atoms with Crippen LogP contribution in [0.3, 0.4) is 0 Å². The van der Waals surface area contributed by atoms with Gasteiger partial charge in [-0.15, -0.1) is 11.3 Å². The van der Waals surface area contributed by atoms with Gasteiger partial charge in [0.15, 0.2) is 5.82 Å². The molecule has 0 aliphatic carbocycles. The van der Waals surface area contributed by atoms with E-state index in [0.29, 0.717) is 0 Å². The Morgan fingerprint density at radius 3 is 2.57 bits per heavy atom. The van der Waals surface area contributed by atoms with Crippen molar-refractivity contribution in [2.75, 3.05) is 5.73 Å². The Morgan fingerprint density at radius 2 is 2.00 bits per heavy atom. The lowest BCUT2D eigenvalue weighted by atomic mass is 10.1. The first-order valence-electron chi connectivity index (χ1n) is 4.29. The van der Waals surface area contributed by atoms with E-state index in [-0.39, 0.29) is 10.8 Å². The second-order valence-electron chi connectivity index (χ2n) is 3.14. The van der Waals surface area contributed by atoms with E-state index in [4.69, 9.17) is 5.73 Å². The van der Waals surface area contributed by atoms with Crippen molar-refractivity contribution in [1.29, 1.82) is 0 Å². The lowest BCUT2D eigenvalue weighted by molar-refractivity contribution is 0.637. The van der Waals surface area contributed by atoms with Crippen LogP contribution in [0.2, 0.25) is 0 Å². The lowest BCUT2D eigenvalue weighted by Crippen LogP contribution is -1.79. The van der Waals surface area contributed by atoms with Crippen LogP contribution in [0.5, 0.6) is 0 Å². The fourth-order valence-corrected chi connectivity index (χ4v) is 2.26. The molecule has 14 heavy (non-hydrogen) atoms. The number of thiophene rings is 1. The zero-order valence-electron chi connectivity index (χ0n) is 7.75. The topological polar surface area (TPSA) is 26.0 Å². The number of anilines is 1. The smallest absolute Gasteiger partial charge is 0.157 e. The Balaban J connectivity index is 2.55. The molecular weight excluding hydrogens is 197 g/mol. The van der Waals surface area contributed by atoms with Gasteiger partial charge in [0.1, 0.15) is 5.00 Å². The van der Waals surface area contributed by atoms with Gasteiger partial charge in [-0.25, -0.2) is 4.39 Å². The van der Waals surface area contributed by atoms with E-state index in [1.165, 1.54) is 17.4 Å². The third kappa shape index (κ3) is 1.51. The van der Waals surface area contributed by atoms with Gasteiger partial charge < -0.3 is 5.73 Å². The van der Waals surface area contributed by atoms with E-state index >= 15 is 0 Å². The van der Waals surface area contributed by atoms with Crippen LogP contribution >= 0.6 is 11.3 Å². The highest BCUT2D eigenvalue weighted by Gasteiger charge is 2.08. The Bertz CT molecular complexity index is 443. The van der Waals surface area contributed by atoms with Gasteiger partial charge in [0.05, 0.1) is 0 Å². The van der Waals surface area contributed by atoms with Crippen molar-refractivity contribution in [3.8, 4) is 10.4 Å². The Kier molecular flexibility index (Phi) is 2.25. The second kappa shape index (κ2) is 3.42. The van der Waals surface area contributed by atoms with Crippen LogP contribution in [0.1, 0.15) is 5.56 Å². The molecule has 0 aliphatic rings. The minimum Gasteiger partial charge on any atom is -0.388 e. The van der Waals surface area contributed by atoms with Gasteiger partial charge in [-0.1, -0.05) is 24.3 Å². The van der Waals surface area contributed by atoms with Crippen molar-refractivity contribution in [1.82, 2.24) is 0 Å². The summed E-state index contributed by atoms with van der Waals surface area (Å²) in [6.07, 6.45) is 0. The van der Waals surface area contributed by atoms with E-state index < -0.39 is 0 Å². The molecule has 1 nitrogen and oxygen atoms in total. The Labute approximate surface area is 86.0 Å². The number of rotatable bonds is 1. The lowest BCUT2D eigenvalue weighted by Gasteiger charge is -2.00. The third-order valence-corrected chi connectivity index (χ3v) is 3.10. The van der Waals surface area contributed by atoms with Gasteiger partial charge in [-0.05, 0) is 24.1 Å². The molecule has 0 saturated heterocycles. The van der Waals surface area contributed by atoms with E-state index in [1.807, 2.05) is 31.2 Å². The maximum Gasteiger partial charge on any atom is 0.157 e. The summed E-state index contributed by atoms with van der Waals surface area (Å²) in [6.45, 7) is 2.00. The average molecular weight is 207 g/mol. The minimum atomic E-state index is -0.326. The fourth-order valence-electron chi connectivity index (χ4n) is 1.36. The quantitative estimate of drug-likeness (QED) is 0.761. The van der Waals surface area contributed by atoms with Crippen LogP contribution in [0, 0.1) is 12.7 Å². The largest absolute Gasteiger partial charge is 0.388 e. The highest BCUT2D eigenvalue weighted by molar-refractivity contribution is 7.19. The highest BCUT2D eigenvalue weighted by Crippen LogP contribution is 2.33. The Morgan fingerprint density at radius 1 is 1.29 bits per heavy atom. The molecule has 0 radical (unpaired) electrons. The van der Waals surface area contributed by atoms with Crippen LogP contribution in [-0.4, -0.2) is 0 Å². The summed E-state index contributed by atoms with van der Waals surface area (Å²) in [6, 6.07) is 9.37. The molecule has 2 aromatic rings. The van der Waals surface area contributed by atoms with Crippen LogP contribution in [0.4, 0.5) is 9.39 Å². The van der Waals surface area contributed by atoms with Crippen LogP contribution in [0.25, 0.3) is 10.4 Å². The molecule has 0 unspecified atom stereocenters. The number of hydrogen-bond acceptors (Lipinski definition) is 2.